The molecule has 3 rings (SSSR count). The van der Waals surface area contributed by atoms with Crippen molar-refractivity contribution >= 4 is 17.3 Å². The van der Waals surface area contributed by atoms with E-state index in [1.54, 1.807) is 0 Å². The molecular formula is C18H29N3OS. The summed E-state index contributed by atoms with van der Waals surface area (Å²) in [6, 6.07) is 4.74. The second-order valence-corrected chi connectivity index (χ2v) is 7.43. The van der Waals surface area contributed by atoms with E-state index in [0.717, 1.165) is 37.1 Å². The Morgan fingerprint density at radius 3 is 2.91 bits per heavy atom. The third-order valence-electron chi connectivity index (χ3n) is 5.26. The largest absolute Gasteiger partial charge is 0.376 e. The summed E-state index contributed by atoms with van der Waals surface area (Å²) in [7, 11) is 2.13. The first-order valence-electron chi connectivity index (χ1n) is 8.92. The van der Waals surface area contributed by atoms with Gasteiger partial charge in [0.15, 0.2) is 5.11 Å². The Kier molecular flexibility index (Phi) is 5.59. The smallest absolute Gasteiger partial charge is 0.169 e. The molecule has 0 aromatic carbocycles. The van der Waals surface area contributed by atoms with Crippen molar-refractivity contribution in [2.45, 2.75) is 51.2 Å². The van der Waals surface area contributed by atoms with Crippen LogP contribution in [0.5, 0.6) is 0 Å². The van der Waals surface area contributed by atoms with Gasteiger partial charge in [-0.1, -0.05) is 6.92 Å². The highest BCUT2D eigenvalue weighted by Gasteiger charge is 2.28. The van der Waals surface area contributed by atoms with Crippen molar-refractivity contribution in [1.82, 2.24) is 14.8 Å². The molecule has 128 valence electrons. The molecule has 1 aromatic rings. The van der Waals surface area contributed by atoms with Crippen LogP contribution in [0, 0.1) is 5.92 Å². The molecule has 0 aliphatic carbocycles. The van der Waals surface area contributed by atoms with Crippen LogP contribution < -0.4 is 5.32 Å². The van der Waals surface area contributed by atoms with Crippen LogP contribution in [0.3, 0.4) is 0 Å². The molecule has 2 fully saturated rings. The molecule has 0 unspecified atom stereocenters. The number of hydrogen-bond donors (Lipinski definition) is 1. The molecule has 0 amide bonds. The number of aryl methyl sites for hydroxylation is 1. The topological polar surface area (TPSA) is 29.4 Å². The zero-order valence-corrected chi connectivity index (χ0v) is 15.1. The molecule has 3 heterocycles. The zero-order chi connectivity index (χ0) is 16.2. The van der Waals surface area contributed by atoms with Crippen LogP contribution in [0.25, 0.3) is 0 Å². The van der Waals surface area contributed by atoms with Crippen LogP contribution in [-0.4, -0.2) is 40.4 Å². The van der Waals surface area contributed by atoms with Crippen molar-refractivity contribution in [2.24, 2.45) is 13.0 Å². The fourth-order valence-corrected chi connectivity index (χ4v) is 4.04. The number of rotatable bonds is 3. The molecule has 1 aromatic heterocycles. The summed E-state index contributed by atoms with van der Waals surface area (Å²) in [5.41, 5.74) is 1.36. The average molecular weight is 336 g/mol. The number of nitrogens with zero attached hydrogens (tertiary/aromatic N) is 2. The van der Waals surface area contributed by atoms with Crippen molar-refractivity contribution < 1.29 is 4.74 Å². The van der Waals surface area contributed by atoms with Gasteiger partial charge in [-0.25, -0.2) is 0 Å². The summed E-state index contributed by atoms with van der Waals surface area (Å²) in [5.74, 6) is 0.767. The fraction of sp³-hybridized carbons (Fsp3) is 0.722. The molecule has 23 heavy (non-hydrogen) atoms. The Hall–Kier alpha value is -1.07. The minimum atomic E-state index is 0.326. The highest BCUT2D eigenvalue weighted by molar-refractivity contribution is 7.80. The summed E-state index contributed by atoms with van der Waals surface area (Å²) < 4.78 is 7.94. The van der Waals surface area contributed by atoms with Crippen molar-refractivity contribution in [2.75, 3.05) is 19.7 Å². The summed E-state index contributed by atoms with van der Waals surface area (Å²) in [5, 5.41) is 4.36. The van der Waals surface area contributed by atoms with Crippen LogP contribution >= 0.6 is 12.2 Å². The average Bonchev–Trinajstić information content (AvgIpc) is 3.16. The quantitative estimate of drug-likeness (QED) is 0.859. The first-order valence-corrected chi connectivity index (χ1v) is 9.33. The van der Waals surface area contributed by atoms with Crippen molar-refractivity contribution in [3.05, 3.63) is 24.0 Å². The summed E-state index contributed by atoms with van der Waals surface area (Å²) in [6.45, 7) is 5.12. The Labute approximate surface area is 145 Å². The minimum absolute atomic E-state index is 0.326. The van der Waals surface area contributed by atoms with E-state index in [-0.39, 0.29) is 0 Å². The maximum Gasteiger partial charge on any atom is 0.169 e. The summed E-state index contributed by atoms with van der Waals surface area (Å²) in [4.78, 5) is 2.41. The molecule has 4 nitrogen and oxygen atoms in total. The third-order valence-corrected chi connectivity index (χ3v) is 5.64. The van der Waals surface area contributed by atoms with Crippen molar-refractivity contribution in [3.63, 3.8) is 0 Å². The standard InChI is InChI=1S/C18H29N3OS/c1-14-7-8-17(16-6-3-10-20(16)2)21(11-9-14)18(23)19-13-15-5-4-12-22-15/h3,6,10,14-15,17H,4-5,7-9,11-13H2,1-2H3,(H,19,23)/t14-,15+,17-/m1/s1. The lowest BCUT2D eigenvalue weighted by Crippen LogP contribution is -2.44. The molecule has 3 atom stereocenters. The van der Waals surface area contributed by atoms with Gasteiger partial charge in [0.2, 0.25) is 0 Å². The summed E-state index contributed by atoms with van der Waals surface area (Å²) in [6.07, 6.45) is 8.42. The second-order valence-electron chi connectivity index (χ2n) is 7.05. The predicted molar refractivity (Wildman–Crippen MR) is 97.4 cm³/mol. The van der Waals surface area contributed by atoms with E-state index in [0.29, 0.717) is 12.1 Å². The lowest BCUT2D eigenvalue weighted by Gasteiger charge is -2.33. The Morgan fingerprint density at radius 2 is 2.22 bits per heavy atom. The van der Waals surface area contributed by atoms with E-state index < -0.39 is 0 Å². The zero-order valence-electron chi connectivity index (χ0n) is 14.3. The first kappa shape index (κ1) is 16.8. The van der Waals surface area contributed by atoms with Gasteiger partial charge in [-0.15, -0.1) is 0 Å². The van der Waals surface area contributed by atoms with Crippen LogP contribution in [0.15, 0.2) is 18.3 Å². The number of nitrogens with one attached hydrogen (secondary N) is 1. The molecule has 2 aliphatic rings. The number of thiocarbonyl (C=S) groups is 1. The molecule has 5 heteroatoms. The summed E-state index contributed by atoms with van der Waals surface area (Å²) >= 11 is 5.75. The second kappa shape index (κ2) is 7.67. The Bertz CT molecular complexity index is 524. The van der Waals surface area contributed by atoms with Gasteiger partial charge in [0.05, 0.1) is 12.1 Å². The molecule has 2 aliphatic heterocycles. The molecule has 0 radical (unpaired) electrons. The third kappa shape index (κ3) is 4.07. The number of likely N-dealkylation sites (tertiary alicyclic amines) is 1. The Morgan fingerprint density at radius 1 is 1.35 bits per heavy atom. The number of aromatic nitrogens is 1. The van der Waals surface area contributed by atoms with Gasteiger partial charge in [0, 0.05) is 38.6 Å². The van der Waals surface area contributed by atoms with Gasteiger partial charge >= 0.3 is 0 Å². The predicted octanol–water partition coefficient (Wildman–Crippen LogP) is 3.24. The molecular weight excluding hydrogens is 306 g/mol. The fourth-order valence-electron chi connectivity index (χ4n) is 3.74. The van der Waals surface area contributed by atoms with Gasteiger partial charge in [0.1, 0.15) is 0 Å². The minimum Gasteiger partial charge on any atom is -0.376 e. The molecule has 0 saturated carbocycles. The van der Waals surface area contributed by atoms with Crippen LogP contribution in [0.1, 0.15) is 50.8 Å². The monoisotopic (exact) mass is 335 g/mol. The van der Waals surface area contributed by atoms with Crippen LogP contribution in [0.4, 0.5) is 0 Å². The highest BCUT2D eigenvalue weighted by Crippen LogP contribution is 2.32. The van der Waals surface area contributed by atoms with Gasteiger partial charge in [-0.05, 0) is 62.4 Å². The van der Waals surface area contributed by atoms with Gasteiger partial charge in [-0.3, -0.25) is 0 Å². The van der Waals surface area contributed by atoms with Crippen LogP contribution in [0.2, 0.25) is 0 Å². The van der Waals surface area contributed by atoms with E-state index >= 15 is 0 Å². The molecule has 0 spiro atoms. The normalized spacial score (nSPS) is 28.6. The van der Waals surface area contributed by atoms with E-state index in [4.69, 9.17) is 17.0 Å². The first-order chi connectivity index (χ1) is 11.1. The van der Waals surface area contributed by atoms with E-state index in [9.17, 15) is 0 Å². The maximum absolute atomic E-state index is 5.75. The van der Waals surface area contributed by atoms with Gasteiger partial charge in [-0.2, -0.15) is 0 Å². The highest BCUT2D eigenvalue weighted by atomic mass is 32.1. The van der Waals surface area contributed by atoms with Crippen molar-refractivity contribution in [1.29, 1.82) is 0 Å². The van der Waals surface area contributed by atoms with Gasteiger partial charge in [0.25, 0.3) is 0 Å². The number of ether oxygens (including phenoxy) is 1. The van der Waals surface area contributed by atoms with Gasteiger partial charge < -0.3 is 19.5 Å². The lowest BCUT2D eigenvalue weighted by molar-refractivity contribution is 0.113. The van der Waals surface area contributed by atoms with E-state index in [2.05, 4.69) is 47.1 Å². The van der Waals surface area contributed by atoms with E-state index in [1.165, 1.54) is 31.4 Å². The van der Waals surface area contributed by atoms with Crippen molar-refractivity contribution in [3.8, 4) is 0 Å². The van der Waals surface area contributed by atoms with E-state index in [1.807, 2.05) is 0 Å². The SMILES string of the molecule is C[C@@H]1CC[C@H](c2cccn2C)N(C(=S)NC[C@@H]2CCCO2)CC1. The van der Waals surface area contributed by atoms with Crippen LogP contribution in [-0.2, 0) is 11.8 Å². The molecule has 2 saturated heterocycles. The molecule has 0 bridgehead atoms. The lowest BCUT2D eigenvalue weighted by atomic mass is 10.0. The maximum atomic E-state index is 5.75. The number of hydrogen-bond acceptors (Lipinski definition) is 2. The Balaban J connectivity index is 1.69. The molecule has 1 N–H and O–H groups in total.